The first-order valence-corrected chi connectivity index (χ1v) is 7.25. The van der Waals surface area contributed by atoms with E-state index in [4.69, 9.17) is 0 Å². The number of amides is 2. The molecular weight excluding hydrogens is 270 g/mol. The topological polar surface area (TPSA) is 74.7 Å². The van der Waals surface area contributed by atoms with Gasteiger partial charge in [0.25, 0.3) is 11.8 Å². The SMILES string of the molecule is O=C1CCC[C@H]1[C@@H](O)CCN1C(=O)c2ccccc2C1=O. The van der Waals surface area contributed by atoms with Crippen molar-refractivity contribution in [2.24, 2.45) is 5.92 Å². The molecule has 0 saturated heterocycles. The molecule has 0 spiro atoms. The molecule has 0 unspecified atom stereocenters. The van der Waals surface area contributed by atoms with E-state index in [1.54, 1.807) is 24.3 Å². The summed E-state index contributed by atoms with van der Waals surface area (Å²) in [5.74, 6) is -0.883. The van der Waals surface area contributed by atoms with Crippen LogP contribution in [-0.4, -0.2) is 40.3 Å². The molecule has 5 nitrogen and oxygen atoms in total. The van der Waals surface area contributed by atoms with E-state index in [1.165, 1.54) is 0 Å². The molecule has 1 aliphatic heterocycles. The van der Waals surface area contributed by atoms with Crippen molar-refractivity contribution in [1.82, 2.24) is 4.90 Å². The largest absolute Gasteiger partial charge is 0.392 e. The molecule has 5 heteroatoms. The zero-order valence-electron chi connectivity index (χ0n) is 11.6. The lowest BCUT2D eigenvalue weighted by Gasteiger charge is -2.20. The summed E-state index contributed by atoms with van der Waals surface area (Å²) < 4.78 is 0. The van der Waals surface area contributed by atoms with Gasteiger partial charge in [0, 0.05) is 18.9 Å². The standard InChI is InChI=1S/C16H17NO4/c18-13-7-3-6-12(13)14(19)8-9-17-15(20)10-4-1-2-5-11(10)16(17)21/h1-2,4-5,12,14,19H,3,6-9H2/t12-,14+/m1/s1. The van der Waals surface area contributed by atoms with Crippen LogP contribution in [0, 0.1) is 5.92 Å². The van der Waals surface area contributed by atoms with E-state index < -0.39 is 6.10 Å². The van der Waals surface area contributed by atoms with Crippen LogP contribution in [0.25, 0.3) is 0 Å². The molecule has 0 bridgehead atoms. The summed E-state index contributed by atoms with van der Waals surface area (Å²) in [4.78, 5) is 37.1. The molecule has 2 amide bonds. The maximum Gasteiger partial charge on any atom is 0.261 e. The first-order valence-electron chi connectivity index (χ1n) is 7.25. The second kappa shape index (κ2) is 5.41. The molecule has 110 valence electrons. The zero-order valence-corrected chi connectivity index (χ0v) is 11.6. The highest BCUT2D eigenvalue weighted by molar-refractivity contribution is 6.21. The van der Waals surface area contributed by atoms with E-state index >= 15 is 0 Å². The fraction of sp³-hybridized carbons (Fsp3) is 0.438. The van der Waals surface area contributed by atoms with Crippen LogP contribution in [0.3, 0.4) is 0 Å². The van der Waals surface area contributed by atoms with Crippen LogP contribution in [-0.2, 0) is 4.79 Å². The van der Waals surface area contributed by atoms with Crippen molar-refractivity contribution in [3.05, 3.63) is 35.4 Å². The number of aliphatic hydroxyl groups is 1. The number of rotatable bonds is 4. The molecule has 2 atom stereocenters. The highest BCUT2D eigenvalue weighted by Gasteiger charge is 2.36. The van der Waals surface area contributed by atoms with Crippen molar-refractivity contribution in [3.8, 4) is 0 Å². The summed E-state index contributed by atoms with van der Waals surface area (Å²) in [5.41, 5.74) is 0.822. The highest BCUT2D eigenvalue weighted by Crippen LogP contribution is 2.27. The van der Waals surface area contributed by atoms with Crippen molar-refractivity contribution >= 4 is 17.6 Å². The van der Waals surface area contributed by atoms with Crippen LogP contribution in [0.1, 0.15) is 46.4 Å². The first-order chi connectivity index (χ1) is 10.1. The summed E-state index contributed by atoms with van der Waals surface area (Å²) in [6.45, 7) is 0.150. The van der Waals surface area contributed by atoms with E-state index in [0.29, 0.717) is 24.0 Å². The number of aliphatic hydroxyl groups excluding tert-OH is 1. The molecule has 0 aromatic heterocycles. The van der Waals surface area contributed by atoms with Crippen LogP contribution in [0.4, 0.5) is 0 Å². The molecule has 2 aliphatic rings. The predicted octanol–water partition coefficient (Wildman–Crippen LogP) is 1.40. The van der Waals surface area contributed by atoms with Crippen molar-refractivity contribution in [1.29, 1.82) is 0 Å². The van der Waals surface area contributed by atoms with Crippen molar-refractivity contribution in [3.63, 3.8) is 0 Å². The van der Waals surface area contributed by atoms with Gasteiger partial charge in [-0.05, 0) is 31.4 Å². The van der Waals surface area contributed by atoms with E-state index in [0.717, 1.165) is 11.3 Å². The minimum atomic E-state index is -0.774. The third-order valence-corrected chi connectivity index (χ3v) is 4.34. The zero-order chi connectivity index (χ0) is 15.0. The Morgan fingerprint density at radius 1 is 1.14 bits per heavy atom. The van der Waals surface area contributed by atoms with Crippen LogP contribution in [0.2, 0.25) is 0 Å². The van der Waals surface area contributed by atoms with Crippen LogP contribution < -0.4 is 0 Å². The van der Waals surface area contributed by atoms with Crippen LogP contribution >= 0.6 is 0 Å². The number of benzene rings is 1. The van der Waals surface area contributed by atoms with Crippen LogP contribution in [0.5, 0.6) is 0 Å². The van der Waals surface area contributed by atoms with Crippen LogP contribution in [0.15, 0.2) is 24.3 Å². The maximum atomic E-state index is 12.2. The number of carbonyl (C=O) groups excluding carboxylic acids is 3. The Hall–Kier alpha value is -2.01. The summed E-state index contributed by atoms with van der Waals surface area (Å²) in [6.07, 6.45) is 1.51. The molecule has 0 radical (unpaired) electrons. The third kappa shape index (κ3) is 2.38. The number of Topliss-reactive ketones (excluding diaryl/α,β-unsaturated/α-hetero) is 1. The van der Waals surface area contributed by atoms with Gasteiger partial charge in [-0.15, -0.1) is 0 Å². The summed E-state index contributed by atoms with van der Waals surface area (Å²) in [5, 5.41) is 10.1. The maximum absolute atomic E-state index is 12.2. The lowest BCUT2D eigenvalue weighted by atomic mass is 9.97. The molecule has 1 fully saturated rings. The molecule has 21 heavy (non-hydrogen) atoms. The number of imide groups is 1. The molecule has 1 heterocycles. The van der Waals surface area contributed by atoms with E-state index in [2.05, 4.69) is 0 Å². The van der Waals surface area contributed by atoms with Gasteiger partial charge >= 0.3 is 0 Å². The lowest BCUT2D eigenvalue weighted by Crippen LogP contribution is -2.35. The van der Waals surface area contributed by atoms with E-state index in [-0.39, 0.29) is 36.5 Å². The van der Waals surface area contributed by atoms with Crippen molar-refractivity contribution in [2.75, 3.05) is 6.54 Å². The third-order valence-electron chi connectivity index (χ3n) is 4.34. The van der Waals surface area contributed by atoms with E-state index in [9.17, 15) is 19.5 Å². The minimum Gasteiger partial charge on any atom is -0.392 e. The minimum absolute atomic E-state index is 0.0878. The number of fused-ring (bicyclic) bond motifs is 1. The number of hydrogen-bond donors (Lipinski definition) is 1. The second-order valence-corrected chi connectivity index (χ2v) is 5.63. The van der Waals surface area contributed by atoms with Gasteiger partial charge in [0.05, 0.1) is 17.2 Å². The van der Waals surface area contributed by atoms with Gasteiger partial charge in [-0.25, -0.2) is 0 Å². The van der Waals surface area contributed by atoms with Crippen molar-refractivity contribution < 1.29 is 19.5 Å². The van der Waals surface area contributed by atoms with Gasteiger partial charge in [-0.2, -0.15) is 0 Å². The van der Waals surface area contributed by atoms with Gasteiger partial charge in [0.15, 0.2) is 0 Å². The Morgan fingerprint density at radius 3 is 2.29 bits per heavy atom. The Morgan fingerprint density at radius 2 is 1.76 bits per heavy atom. The van der Waals surface area contributed by atoms with Gasteiger partial charge in [-0.3, -0.25) is 19.3 Å². The van der Waals surface area contributed by atoms with Gasteiger partial charge in [0.2, 0.25) is 0 Å². The Labute approximate surface area is 122 Å². The van der Waals surface area contributed by atoms with Gasteiger partial charge in [-0.1, -0.05) is 12.1 Å². The molecule has 1 aromatic carbocycles. The highest BCUT2D eigenvalue weighted by atomic mass is 16.3. The molecule has 1 aromatic rings. The average molecular weight is 287 g/mol. The van der Waals surface area contributed by atoms with Gasteiger partial charge < -0.3 is 5.11 Å². The summed E-state index contributed by atoms with van der Waals surface area (Å²) in [6, 6.07) is 6.71. The van der Waals surface area contributed by atoms with Gasteiger partial charge in [0.1, 0.15) is 5.78 Å². The number of ketones is 1. The predicted molar refractivity (Wildman–Crippen MR) is 74.8 cm³/mol. The lowest BCUT2D eigenvalue weighted by molar-refractivity contribution is -0.123. The summed E-state index contributed by atoms with van der Waals surface area (Å²) in [7, 11) is 0. The second-order valence-electron chi connectivity index (χ2n) is 5.63. The Bertz CT molecular complexity index is 575. The smallest absolute Gasteiger partial charge is 0.261 e. The summed E-state index contributed by atoms with van der Waals surface area (Å²) >= 11 is 0. The number of nitrogens with zero attached hydrogens (tertiary/aromatic N) is 1. The average Bonchev–Trinajstić information content (AvgIpc) is 3.01. The monoisotopic (exact) mass is 287 g/mol. The normalized spacial score (nSPS) is 22.8. The molecular formula is C16H17NO4. The fourth-order valence-electron chi connectivity index (χ4n) is 3.15. The molecule has 1 aliphatic carbocycles. The Balaban J connectivity index is 1.66. The first kappa shape index (κ1) is 13.9. The number of hydrogen-bond acceptors (Lipinski definition) is 4. The molecule has 1 N–H and O–H groups in total. The molecule has 1 saturated carbocycles. The number of carbonyl (C=O) groups is 3. The Kier molecular flexibility index (Phi) is 3.59. The molecule has 3 rings (SSSR count). The fourth-order valence-corrected chi connectivity index (χ4v) is 3.15. The van der Waals surface area contributed by atoms with E-state index in [1.807, 2.05) is 0 Å². The quantitative estimate of drug-likeness (QED) is 0.849. The van der Waals surface area contributed by atoms with Crippen molar-refractivity contribution in [2.45, 2.75) is 31.8 Å².